The minimum absolute atomic E-state index is 0.00443. The maximum absolute atomic E-state index is 11.5. The van der Waals surface area contributed by atoms with Gasteiger partial charge in [0.1, 0.15) is 0 Å². The average Bonchev–Trinajstić information content (AvgIpc) is 2.35. The summed E-state index contributed by atoms with van der Waals surface area (Å²) in [5, 5.41) is 0. The van der Waals surface area contributed by atoms with Crippen molar-refractivity contribution in [1.82, 2.24) is 0 Å². The van der Waals surface area contributed by atoms with Crippen LogP contribution >= 0.6 is 0 Å². The van der Waals surface area contributed by atoms with Crippen molar-refractivity contribution in [3.05, 3.63) is 23.8 Å². The summed E-state index contributed by atoms with van der Waals surface area (Å²) in [6.45, 7) is 8.68. The average molecular weight is 250 g/mol. The van der Waals surface area contributed by atoms with Gasteiger partial charge in [0.15, 0.2) is 5.78 Å². The number of rotatable bonds is 7. The molecule has 1 aromatic rings. The molecular formula is C14H22N2O2. The lowest BCUT2D eigenvalue weighted by molar-refractivity contribution is 0.101. The number of likely N-dealkylation sites (N-methyl/N-ethyl adjacent to an activating group) is 1. The zero-order chi connectivity index (χ0) is 13.5. The maximum atomic E-state index is 11.5. The molecule has 0 aromatic heterocycles. The molecule has 1 aromatic carbocycles. The third kappa shape index (κ3) is 3.74. The molecule has 0 bridgehead atoms. The molecule has 4 nitrogen and oxygen atoms in total. The molecule has 0 spiro atoms. The van der Waals surface area contributed by atoms with Crippen molar-refractivity contribution >= 4 is 17.2 Å². The number of nitrogen functional groups attached to an aromatic ring is 1. The predicted molar refractivity (Wildman–Crippen MR) is 75.2 cm³/mol. The topological polar surface area (TPSA) is 55.6 Å². The lowest BCUT2D eigenvalue weighted by atomic mass is 10.1. The highest BCUT2D eigenvalue weighted by Gasteiger charge is 2.09. The fourth-order valence-corrected chi connectivity index (χ4v) is 1.83. The molecule has 1 rings (SSSR count). The molecule has 0 heterocycles. The van der Waals surface area contributed by atoms with Gasteiger partial charge < -0.3 is 15.4 Å². The maximum Gasteiger partial charge on any atom is 0.161 e. The Balaban J connectivity index is 2.85. The van der Waals surface area contributed by atoms with E-state index in [1.54, 1.807) is 6.07 Å². The molecule has 0 amide bonds. The summed E-state index contributed by atoms with van der Waals surface area (Å²) < 4.78 is 5.36. The number of hydrogen-bond acceptors (Lipinski definition) is 4. The van der Waals surface area contributed by atoms with E-state index in [-0.39, 0.29) is 5.78 Å². The Morgan fingerprint density at radius 1 is 1.39 bits per heavy atom. The van der Waals surface area contributed by atoms with E-state index in [1.165, 1.54) is 6.92 Å². The summed E-state index contributed by atoms with van der Waals surface area (Å²) >= 11 is 0. The van der Waals surface area contributed by atoms with Crippen molar-refractivity contribution in [3.8, 4) is 0 Å². The van der Waals surface area contributed by atoms with Gasteiger partial charge in [-0.05, 0) is 39.0 Å². The van der Waals surface area contributed by atoms with Crippen LogP contribution in [0.2, 0.25) is 0 Å². The van der Waals surface area contributed by atoms with Crippen molar-refractivity contribution in [2.45, 2.75) is 20.8 Å². The highest BCUT2D eigenvalue weighted by molar-refractivity contribution is 6.00. The number of hydrogen-bond donors (Lipinski definition) is 1. The standard InChI is InChI=1S/C14H22N2O2/c1-4-16(8-9-18-5-2)12-6-7-14(15)13(10-12)11(3)17/h6-7,10H,4-5,8-9,15H2,1-3H3. The molecule has 0 atom stereocenters. The second kappa shape index (κ2) is 7.01. The fourth-order valence-electron chi connectivity index (χ4n) is 1.83. The van der Waals surface area contributed by atoms with Crippen molar-refractivity contribution in [2.24, 2.45) is 0 Å². The highest BCUT2D eigenvalue weighted by Crippen LogP contribution is 2.21. The van der Waals surface area contributed by atoms with Crippen LogP contribution in [0.25, 0.3) is 0 Å². The van der Waals surface area contributed by atoms with E-state index in [1.807, 2.05) is 19.1 Å². The van der Waals surface area contributed by atoms with Crippen LogP contribution in [0, 0.1) is 0 Å². The molecule has 0 unspecified atom stereocenters. The minimum Gasteiger partial charge on any atom is -0.398 e. The monoisotopic (exact) mass is 250 g/mol. The zero-order valence-corrected chi connectivity index (χ0v) is 11.4. The van der Waals surface area contributed by atoms with Crippen molar-refractivity contribution in [1.29, 1.82) is 0 Å². The first-order chi connectivity index (χ1) is 8.60. The molecule has 0 aliphatic rings. The van der Waals surface area contributed by atoms with Gasteiger partial charge in [0.25, 0.3) is 0 Å². The molecule has 100 valence electrons. The van der Waals surface area contributed by atoms with Gasteiger partial charge >= 0.3 is 0 Å². The van der Waals surface area contributed by atoms with Crippen LogP contribution in [-0.4, -0.2) is 32.1 Å². The Morgan fingerprint density at radius 3 is 2.67 bits per heavy atom. The van der Waals surface area contributed by atoms with Crippen LogP contribution < -0.4 is 10.6 Å². The highest BCUT2D eigenvalue weighted by atomic mass is 16.5. The number of Topliss-reactive ketones (excluding diaryl/α,β-unsaturated/α-hetero) is 1. The van der Waals surface area contributed by atoms with E-state index >= 15 is 0 Å². The van der Waals surface area contributed by atoms with Gasteiger partial charge in [-0.25, -0.2) is 0 Å². The van der Waals surface area contributed by atoms with E-state index in [4.69, 9.17) is 10.5 Å². The Kier molecular flexibility index (Phi) is 5.65. The van der Waals surface area contributed by atoms with E-state index < -0.39 is 0 Å². The van der Waals surface area contributed by atoms with Gasteiger partial charge in [0, 0.05) is 36.6 Å². The largest absolute Gasteiger partial charge is 0.398 e. The number of ether oxygens (including phenoxy) is 1. The minimum atomic E-state index is -0.00443. The number of benzene rings is 1. The van der Waals surface area contributed by atoms with Crippen molar-refractivity contribution < 1.29 is 9.53 Å². The molecule has 18 heavy (non-hydrogen) atoms. The summed E-state index contributed by atoms with van der Waals surface area (Å²) in [5.41, 5.74) is 7.92. The summed E-state index contributed by atoms with van der Waals surface area (Å²) in [6, 6.07) is 5.58. The Morgan fingerprint density at radius 2 is 2.11 bits per heavy atom. The molecule has 0 aliphatic heterocycles. The predicted octanol–water partition coefficient (Wildman–Crippen LogP) is 2.33. The fraction of sp³-hybridized carbons (Fsp3) is 0.500. The number of nitrogens with zero attached hydrogens (tertiary/aromatic N) is 1. The second-order valence-corrected chi connectivity index (χ2v) is 4.10. The Hall–Kier alpha value is -1.55. The number of carbonyl (C=O) groups excluding carboxylic acids is 1. The van der Waals surface area contributed by atoms with E-state index in [2.05, 4.69) is 11.8 Å². The van der Waals surface area contributed by atoms with Gasteiger partial charge in [-0.2, -0.15) is 0 Å². The normalized spacial score (nSPS) is 10.4. The molecule has 0 saturated carbocycles. The first-order valence-electron chi connectivity index (χ1n) is 6.33. The third-order valence-electron chi connectivity index (χ3n) is 2.87. The van der Waals surface area contributed by atoms with Crippen LogP contribution in [0.4, 0.5) is 11.4 Å². The number of carbonyl (C=O) groups is 1. The van der Waals surface area contributed by atoms with Gasteiger partial charge in [0.05, 0.1) is 6.61 Å². The summed E-state index contributed by atoms with van der Waals surface area (Å²) in [4.78, 5) is 13.6. The van der Waals surface area contributed by atoms with Gasteiger partial charge in [-0.15, -0.1) is 0 Å². The van der Waals surface area contributed by atoms with Crippen molar-refractivity contribution in [3.63, 3.8) is 0 Å². The van der Waals surface area contributed by atoms with Crippen molar-refractivity contribution in [2.75, 3.05) is 36.9 Å². The van der Waals surface area contributed by atoms with Crippen LogP contribution in [-0.2, 0) is 4.74 Å². The molecule has 0 saturated heterocycles. The summed E-state index contributed by atoms with van der Waals surface area (Å²) in [6.07, 6.45) is 0. The van der Waals surface area contributed by atoms with Crippen LogP contribution in [0.15, 0.2) is 18.2 Å². The molecule has 0 fully saturated rings. The molecule has 4 heteroatoms. The van der Waals surface area contributed by atoms with E-state index in [0.29, 0.717) is 17.9 Å². The molecule has 0 radical (unpaired) electrons. The SMILES string of the molecule is CCOCCN(CC)c1ccc(N)c(C(C)=O)c1. The van der Waals surface area contributed by atoms with Crippen LogP contribution in [0.3, 0.4) is 0 Å². The van der Waals surface area contributed by atoms with Gasteiger partial charge in [-0.3, -0.25) is 4.79 Å². The zero-order valence-electron chi connectivity index (χ0n) is 11.4. The summed E-state index contributed by atoms with van der Waals surface area (Å²) in [7, 11) is 0. The lowest BCUT2D eigenvalue weighted by Gasteiger charge is -2.23. The Labute approximate surface area is 109 Å². The second-order valence-electron chi connectivity index (χ2n) is 4.10. The number of ketones is 1. The van der Waals surface area contributed by atoms with E-state index in [0.717, 1.165) is 25.4 Å². The molecule has 2 N–H and O–H groups in total. The van der Waals surface area contributed by atoms with Gasteiger partial charge in [-0.1, -0.05) is 0 Å². The lowest BCUT2D eigenvalue weighted by Crippen LogP contribution is -2.27. The first kappa shape index (κ1) is 14.5. The number of anilines is 2. The first-order valence-corrected chi connectivity index (χ1v) is 6.33. The summed E-state index contributed by atoms with van der Waals surface area (Å²) in [5.74, 6) is -0.00443. The quantitative estimate of drug-likeness (QED) is 0.458. The van der Waals surface area contributed by atoms with Gasteiger partial charge in [0.2, 0.25) is 0 Å². The third-order valence-corrected chi connectivity index (χ3v) is 2.87. The smallest absolute Gasteiger partial charge is 0.161 e. The molecular weight excluding hydrogens is 228 g/mol. The number of nitrogens with two attached hydrogens (primary N) is 1. The van der Waals surface area contributed by atoms with Crippen LogP contribution in [0.5, 0.6) is 0 Å². The van der Waals surface area contributed by atoms with E-state index in [9.17, 15) is 4.79 Å². The Bertz CT molecular complexity index is 405. The molecule has 0 aliphatic carbocycles. The van der Waals surface area contributed by atoms with Crippen LogP contribution in [0.1, 0.15) is 31.1 Å².